The molecule has 0 bridgehead atoms. The van der Waals surface area contributed by atoms with E-state index in [1.807, 2.05) is 0 Å². The molecule has 1 aliphatic heterocycles. The van der Waals surface area contributed by atoms with Gasteiger partial charge in [-0.05, 0) is 29.6 Å². The second kappa shape index (κ2) is 5.48. The molecular weight excluding hydrogens is 276 g/mol. The van der Waals surface area contributed by atoms with Crippen molar-refractivity contribution in [3.8, 4) is 5.82 Å². The van der Waals surface area contributed by atoms with Gasteiger partial charge in [0.05, 0.1) is 13.1 Å². The number of aromatic nitrogens is 5. The minimum atomic E-state index is -0.623. The van der Waals surface area contributed by atoms with Crippen LogP contribution < -0.4 is 16.4 Å². The number of quaternary nitrogens is 1. The number of nitrogens with one attached hydrogen (secondary N) is 1. The van der Waals surface area contributed by atoms with Gasteiger partial charge in [0.25, 0.3) is 5.91 Å². The number of nitrogens with zero attached hydrogens (tertiary/aromatic N) is 5. The number of likely N-dealkylation sites (tertiary alicyclic amines) is 1. The van der Waals surface area contributed by atoms with E-state index in [-0.39, 0.29) is 17.3 Å². The molecule has 10 nitrogen and oxygen atoms in total. The second-order valence-corrected chi connectivity index (χ2v) is 5.12. The number of primary amides is 1. The number of anilines is 1. The molecule has 21 heavy (non-hydrogen) atoms. The van der Waals surface area contributed by atoms with Crippen molar-refractivity contribution in [2.45, 2.75) is 25.8 Å². The van der Waals surface area contributed by atoms with E-state index < -0.39 is 5.91 Å². The van der Waals surface area contributed by atoms with Crippen LogP contribution in [0, 0.1) is 0 Å². The van der Waals surface area contributed by atoms with Gasteiger partial charge in [-0.3, -0.25) is 4.79 Å². The third kappa shape index (κ3) is 2.57. The van der Waals surface area contributed by atoms with Crippen molar-refractivity contribution in [3.05, 3.63) is 11.4 Å². The van der Waals surface area contributed by atoms with Crippen molar-refractivity contribution in [1.82, 2.24) is 25.3 Å². The summed E-state index contributed by atoms with van der Waals surface area (Å²) >= 11 is 0. The number of nitrogen functional groups attached to an aromatic ring is 1. The summed E-state index contributed by atoms with van der Waals surface area (Å²) in [5, 5.41) is 15.0. The second-order valence-electron chi connectivity index (χ2n) is 5.12. The zero-order valence-corrected chi connectivity index (χ0v) is 11.4. The number of carbonyl (C=O) groups is 1. The van der Waals surface area contributed by atoms with Gasteiger partial charge >= 0.3 is 0 Å². The van der Waals surface area contributed by atoms with Crippen LogP contribution in [0.2, 0.25) is 0 Å². The molecule has 112 valence electrons. The molecule has 1 amide bonds. The number of nitrogens with two attached hydrogens (primary N) is 2. The monoisotopic (exact) mass is 293 g/mol. The zero-order chi connectivity index (χ0) is 14.8. The third-order valence-corrected chi connectivity index (χ3v) is 3.67. The van der Waals surface area contributed by atoms with Crippen LogP contribution in [-0.4, -0.2) is 44.3 Å². The molecule has 1 aliphatic rings. The van der Waals surface area contributed by atoms with Crippen LogP contribution in [0.15, 0.2) is 4.63 Å². The fourth-order valence-corrected chi connectivity index (χ4v) is 2.62. The summed E-state index contributed by atoms with van der Waals surface area (Å²) < 4.78 is 5.96. The van der Waals surface area contributed by atoms with Crippen molar-refractivity contribution >= 4 is 11.7 Å². The van der Waals surface area contributed by atoms with E-state index in [4.69, 9.17) is 11.5 Å². The van der Waals surface area contributed by atoms with Gasteiger partial charge in [-0.2, -0.15) is 4.68 Å². The molecule has 10 heteroatoms. The van der Waals surface area contributed by atoms with Gasteiger partial charge < -0.3 is 16.4 Å². The summed E-state index contributed by atoms with van der Waals surface area (Å²) in [5.74, 6) is -0.310. The first kappa shape index (κ1) is 13.5. The molecule has 0 spiro atoms. The largest absolute Gasteiger partial charge is 0.378 e. The molecule has 0 aromatic carbocycles. The molecule has 0 saturated carbocycles. The van der Waals surface area contributed by atoms with Crippen LogP contribution in [0.5, 0.6) is 0 Å². The van der Waals surface area contributed by atoms with E-state index in [1.54, 1.807) is 0 Å². The zero-order valence-electron chi connectivity index (χ0n) is 11.4. The highest BCUT2D eigenvalue weighted by atomic mass is 16.6. The molecule has 0 atom stereocenters. The lowest BCUT2D eigenvalue weighted by molar-refractivity contribution is -0.918. The van der Waals surface area contributed by atoms with Gasteiger partial charge in [0.1, 0.15) is 12.2 Å². The summed E-state index contributed by atoms with van der Waals surface area (Å²) in [6.45, 7) is 2.66. The topological polar surface area (TPSA) is 143 Å². The van der Waals surface area contributed by atoms with Gasteiger partial charge in [0.15, 0.2) is 5.69 Å². The number of piperidine rings is 1. The highest BCUT2D eigenvalue weighted by molar-refractivity contribution is 5.91. The summed E-state index contributed by atoms with van der Waals surface area (Å²) in [5.41, 5.74) is 11.8. The lowest BCUT2D eigenvalue weighted by Gasteiger charge is -2.23. The molecule has 3 rings (SSSR count). The highest BCUT2D eigenvalue weighted by Crippen LogP contribution is 2.15. The molecule has 5 N–H and O–H groups in total. The van der Waals surface area contributed by atoms with Crippen LogP contribution in [0.4, 0.5) is 5.82 Å². The Balaban J connectivity index is 1.97. The van der Waals surface area contributed by atoms with Gasteiger partial charge in [0.2, 0.25) is 11.6 Å². The standard InChI is InChI=1S/C11H16N8O2/c12-9-11(16-21-15-9)19-7(8(10(13)20)14-17-19)6-18-4-2-1-3-5-18/h1-6H2,(H2,12,15)(H2,13,20)/p+1. The molecule has 1 saturated heterocycles. The van der Waals surface area contributed by atoms with E-state index in [1.165, 1.54) is 16.0 Å². The van der Waals surface area contributed by atoms with E-state index in [9.17, 15) is 4.79 Å². The molecule has 2 aromatic heterocycles. The number of rotatable bonds is 4. The smallest absolute Gasteiger partial charge is 0.271 e. The van der Waals surface area contributed by atoms with Crippen LogP contribution in [0.25, 0.3) is 5.82 Å². The fraction of sp³-hybridized carbons (Fsp3) is 0.545. The predicted octanol–water partition coefficient (Wildman–Crippen LogP) is -2.10. The van der Waals surface area contributed by atoms with Crippen LogP contribution in [0.1, 0.15) is 35.4 Å². The number of amides is 1. The summed E-state index contributed by atoms with van der Waals surface area (Å²) in [7, 11) is 0. The average molecular weight is 293 g/mol. The summed E-state index contributed by atoms with van der Waals surface area (Å²) in [4.78, 5) is 12.9. The van der Waals surface area contributed by atoms with Crippen LogP contribution >= 0.6 is 0 Å². The Morgan fingerprint density at radius 1 is 1.29 bits per heavy atom. The molecular formula is C11H17N8O2+. The molecule has 3 heterocycles. The van der Waals surface area contributed by atoms with Gasteiger partial charge in [-0.15, -0.1) is 5.10 Å². The Bertz CT molecular complexity index is 642. The van der Waals surface area contributed by atoms with Crippen molar-refractivity contribution in [2.75, 3.05) is 18.8 Å². The van der Waals surface area contributed by atoms with Crippen molar-refractivity contribution in [3.63, 3.8) is 0 Å². The first-order valence-electron chi connectivity index (χ1n) is 6.83. The Morgan fingerprint density at radius 3 is 2.67 bits per heavy atom. The number of hydrogen-bond donors (Lipinski definition) is 3. The number of hydrogen-bond acceptors (Lipinski definition) is 7. The van der Waals surface area contributed by atoms with Gasteiger partial charge in [0, 0.05) is 0 Å². The van der Waals surface area contributed by atoms with E-state index in [0.717, 1.165) is 25.9 Å². The lowest BCUT2D eigenvalue weighted by Crippen LogP contribution is -3.11. The quantitative estimate of drug-likeness (QED) is 0.585. The normalized spacial score (nSPS) is 16.2. The maximum atomic E-state index is 11.5. The van der Waals surface area contributed by atoms with Crippen molar-refractivity contribution < 1.29 is 14.3 Å². The van der Waals surface area contributed by atoms with Crippen LogP contribution in [-0.2, 0) is 6.54 Å². The first-order valence-corrected chi connectivity index (χ1v) is 6.83. The minimum Gasteiger partial charge on any atom is -0.378 e. The molecule has 2 aromatic rings. The SMILES string of the molecule is NC(=O)c1nnn(-c2nonc2N)c1C[NH+]1CCCCC1. The molecule has 0 aliphatic carbocycles. The third-order valence-electron chi connectivity index (χ3n) is 3.67. The van der Waals surface area contributed by atoms with Crippen molar-refractivity contribution in [2.24, 2.45) is 5.73 Å². The Hall–Kier alpha value is -2.49. The highest BCUT2D eigenvalue weighted by Gasteiger charge is 2.26. The van der Waals surface area contributed by atoms with E-state index >= 15 is 0 Å². The lowest BCUT2D eigenvalue weighted by atomic mass is 10.1. The summed E-state index contributed by atoms with van der Waals surface area (Å²) in [6, 6.07) is 0. The van der Waals surface area contributed by atoms with Crippen LogP contribution in [0.3, 0.4) is 0 Å². The maximum Gasteiger partial charge on any atom is 0.271 e. The average Bonchev–Trinajstić information content (AvgIpc) is 3.06. The Kier molecular flexibility index (Phi) is 3.52. The van der Waals surface area contributed by atoms with E-state index in [2.05, 4.69) is 25.3 Å². The molecule has 0 radical (unpaired) electrons. The van der Waals surface area contributed by atoms with E-state index in [0.29, 0.717) is 12.2 Å². The fourth-order valence-electron chi connectivity index (χ4n) is 2.62. The predicted molar refractivity (Wildman–Crippen MR) is 70.4 cm³/mol. The maximum absolute atomic E-state index is 11.5. The minimum absolute atomic E-state index is 0.0887. The molecule has 0 unspecified atom stereocenters. The Morgan fingerprint density at radius 2 is 2.05 bits per heavy atom. The first-order chi connectivity index (χ1) is 10.2. The summed E-state index contributed by atoms with van der Waals surface area (Å²) in [6.07, 6.45) is 3.57. The Labute approximate surface area is 120 Å². The molecule has 1 fully saturated rings. The van der Waals surface area contributed by atoms with Gasteiger partial charge in [-0.25, -0.2) is 4.63 Å². The number of carbonyl (C=O) groups excluding carboxylic acids is 1. The van der Waals surface area contributed by atoms with Gasteiger partial charge in [-0.1, -0.05) is 5.21 Å². The van der Waals surface area contributed by atoms with Crippen molar-refractivity contribution in [1.29, 1.82) is 0 Å².